The van der Waals surface area contributed by atoms with E-state index in [9.17, 15) is 9.59 Å². The Morgan fingerprint density at radius 3 is 2.48 bits per heavy atom. The maximum Gasteiger partial charge on any atom is 0.263 e. The molecule has 4 aromatic rings. The number of halogens is 1. The summed E-state index contributed by atoms with van der Waals surface area (Å²) in [5.74, 6) is -0.282. The number of hydrogen-bond donors (Lipinski definition) is 1. The Balaban J connectivity index is 1.63. The zero-order valence-corrected chi connectivity index (χ0v) is 18.4. The Morgan fingerprint density at radius 2 is 1.77 bits per heavy atom. The van der Waals surface area contributed by atoms with E-state index < -0.39 is 0 Å². The number of benzene rings is 2. The number of nitrogens with zero attached hydrogens (tertiary/aromatic N) is 3. The normalized spacial score (nSPS) is 11.1. The van der Waals surface area contributed by atoms with Crippen LogP contribution in [0, 0.1) is 20.8 Å². The number of carbonyl (C=O) groups is 1. The summed E-state index contributed by atoms with van der Waals surface area (Å²) in [6.45, 7) is 6.10. The number of aromatic nitrogens is 3. The molecule has 31 heavy (non-hydrogen) atoms. The van der Waals surface area contributed by atoms with Gasteiger partial charge in [0.1, 0.15) is 12.9 Å². The predicted molar refractivity (Wildman–Crippen MR) is 123 cm³/mol. The Bertz CT molecular complexity index is 1340. The van der Waals surface area contributed by atoms with Crippen LogP contribution in [0.2, 0.25) is 5.02 Å². The molecule has 0 unspecified atom stereocenters. The lowest BCUT2D eigenvalue weighted by Crippen LogP contribution is -2.32. The lowest BCUT2D eigenvalue weighted by atomic mass is 10.2. The van der Waals surface area contributed by atoms with Crippen LogP contribution in [0.1, 0.15) is 22.4 Å². The highest BCUT2D eigenvalue weighted by atomic mass is 35.5. The van der Waals surface area contributed by atoms with Gasteiger partial charge in [-0.05, 0) is 50.1 Å². The van der Waals surface area contributed by atoms with Gasteiger partial charge in [-0.25, -0.2) is 4.98 Å². The van der Waals surface area contributed by atoms with Crippen molar-refractivity contribution < 1.29 is 4.79 Å². The fourth-order valence-electron chi connectivity index (χ4n) is 3.65. The van der Waals surface area contributed by atoms with Crippen molar-refractivity contribution in [3.05, 3.63) is 92.6 Å². The average molecular weight is 435 g/mol. The van der Waals surface area contributed by atoms with E-state index in [1.54, 1.807) is 6.07 Å². The first-order chi connectivity index (χ1) is 14.9. The molecule has 0 aliphatic rings. The summed E-state index contributed by atoms with van der Waals surface area (Å²) in [5.41, 5.74) is 5.10. The van der Waals surface area contributed by atoms with E-state index in [4.69, 9.17) is 11.6 Å². The lowest BCUT2D eigenvalue weighted by Gasteiger charge is -2.10. The molecule has 0 fully saturated rings. The summed E-state index contributed by atoms with van der Waals surface area (Å²) in [4.78, 5) is 30.2. The van der Waals surface area contributed by atoms with Gasteiger partial charge in [0.05, 0.1) is 5.39 Å². The van der Waals surface area contributed by atoms with E-state index in [-0.39, 0.29) is 18.0 Å². The number of nitrogens with one attached hydrogen (secondary N) is 1. The van der Waals surface area contributed by atoms with Crippen molar-refractivity contribution in [2.24, 2.45) is 0 Å². The summed E-state index contributed by atoms with van der Waals surface area (Å²) in [5, 5.41) is 3.93. The largest absolute Gasteiger partial charge is 0.350 e. The zero-order valence-electron chi connectivity index (χ0n) is 17.6. The van der Waals surface area contributed by atoms with E-state index in [2.05, 4.69) is 10.3 Å². The van der Waals surface area contributed by atoms with Crippen LogP contribution in [0.3, 0.4) is 0 Å². The van der Waals surface area contributed by atoms with Gasteiger partial charge < -0.3 is 5.32 Å². The number of rotatable bonds is 5. The van der Waals surface area contributed by atoms with Crippen LogP contribution >= 0.6 is 11.6 Å². The second-order valence-corrected chi connectivity index (χ2v) is 8.03. The molecule has 0 atom stereocenters. The highest BCUT2D eigenvalue weighted by Gasteiger charge is 2.18. The molecular weight excluding hydrogens is 412 g/mol. The first-order valence-corrected chi connectivity index (χ1v) is 10.4. The van der Waals surface area contributed by atoms with Crippen molar-refractivity contribution in [2.75, 3.05) is 0 Å². The Kier molecular flexibility index (Phi) is 5.65. The number of carbonyl (C=O) groups excluding carboxylic acids is 1. The molecular formula is C24H23ClN4O2. The molecule has 158 valence electrons. The van der Waals surface area contributed by atoms with Crippen molar-refractivity contribution in [3.63, 3.8) is 0 Å². The number of amides is 1. The van der Waals surface area contributed by atoms with Crippen LogP contribution < -0.4 is 10.9 Å². The molecule has 7 heteroatoms. The fraction of sp³-hybridized carbons (Fsp3) is 0.208. The molecule has 1 amide bonds. The van der Waals surface area contributed by atoms with Crippen molar-refractivity contribution in [1.82, 2.24) is 19.4 Å². The van der Waals surface area contributed by atoms with E-state index in [0.29, 0.717) is 22.6 Å². The summed E-state index contributed by atoms with van der Waals surface area (Å²) in [6, 6.07) is 15.4. The van der Waals surface area contributed by atoms with Crippen LogP contribution in [0.25, 0.3) is 16.7 Å². The number of aryl methyl sites for hydroxylation is 2. The first-order valence-electron chi connectivity index (χ1n) is 10.0. The zero-order chi connectivity index (χ0) is 22.1. The van der Waals surface area contributed by atoms with Crippen LogP contribution in [-0.4, -0.2) is 20.0 Å². The minimum atomic E-state index is -0.282. The third-order valence-corrected chi connectivity index (χ3v) is 5.89. The Morgan fingerprint density at radius 1 is 1.06 bits per heavy atom. The van der Waals surface area contributed by atoms with Crippen LogP contribution in [0.5, 0.6) is 0 Å². The fourth-order valence-corrected chi connectivity index (χ4v) is 3.86. The maximum absolute atomic E-state index is 13.2. The van der Waals surface area contributed by atoms with Crippen molar-refractivity contribution in [3.8, 4) is 5.69 Å². The molecule has 0 saturated heterocycles. The van der Waals surface area contributed by atoms with Gasteiger partial charge >= 0.3 is 0 Å². The topological polar surface area (TPSA) is 68.9 Å². The molecule has 1 N–H and O–H groups in total. The molecule has 2 aromatic carbocycles. The lowest BCUT2D eigenvalue weighted by molar-refractivity contribution is -0.121. The van der Waals surface area contributed by atoms with Gasteiger partial charge in [0.2, 0.25) is 5.91 Å². The van der Waals surface area contributed by atoms with E-state index in [1.165, 1.54) is 10.9 Å². The van der Waals surface area contributed by atoms with Crippen LogP contribution in [0.15, 0.2) is 59.7 Å². The van der Waals surface area contributed by atoms with Crippen molar-refractivity contribution in [1.29, 1.82) is 0 Å². The van der Waals surface area contributed by atoms with Gasteiger partial charge in [-0.2, -0.15) is 0 Å². The average Bonchev–Trinajstić information content (AvgIpc) is 3.01. The summed E-state index contributed by atoms with van der Waals surface area (Å²) in [7, 11) is 0. The Hall–Kier alpha value is -3.38. The molecule has 0 saturated carbocycles. The quantitative estimate of drug-likeness (QED) is 0.514. The van der Waals surface area contributed by atoms with Gasteiger partial charge in [-0.1, -0.05) is 47.5 Å². The van der Waals surface area contributed by atoms with Gasteiger partial charge in [-0.15, -0.1) is 0 Å². The molecule has 0 aliphatic heterocycles. The van der Waals surface area contributed by atoms with E-state index >= 15 is 0 Å². The molecule has 4 rings (SSSR count). The number of fused-ring (bicyclic) bond motifs is 1. The Labute approximate surface area is 185 Å². The molecule has 0 radical (unpaired) electrons. The van der Waals surface area contributed by atoms with E-state index in [0.717, 1.165) is 28.1 Å². The number of hydrogen-bond acceptors (Lipinski definition) is 3. The maximum atomic E-state index is 13.2. The van der Waals surface area contributed by atoms with Crippen molar-refractivity contribution in [2.45, 2.75) is 33.9 Å². The van der Waals surface area contributed by atoms with Gasteiger partial charge in [0.25, 0.3) is 5.56 Å². The van der Waals surface area contributed by atoms with Crippen LogP contribution in [0.4, 0.5) is 0 Å². The highest BCUT2D eigenvalue weighted by molar-refractivity contribution is 6.31. The molecule has 0 aliphatic carbocycles. The molecule has 0 bridgehead atoms. The first kappa shape index (κ1) is 20.9. The van der Waals surface area contributed by atoms with Crippen LogP contribution in [-0.2, 0) is 17.9 Å². The summed E-state index contributed by atoms with van der Waals surface area (Å²) < 4.78 is 3.32. The summed E-state index contributed by atoms with van der Waals surface area (Å²) in [6.07, 6.45) is 1.43. The summed E-state index contributed by atoms with van der Waals surface area (Å²) >= 11 is 6.13. The molecule has 2 aromatic heterocycles. The predicted octanol–water partition coefficient (Wildman–Crippen LogP) is 4.08. The van der Waals surface area contributed by atoms with Crippen molar-refractivity contribution >= 4 is 28.5 Å². The van der Waals surface area contributed by atoms with Gasteiger partial charge in [0.15, 0.2) is 5.65 Å². The SMILES string of the molecule is Cc1ccc(-n2c(C)c(C)c3c(=O)n(CC(=O)NCc4ccccc4Cl)cnc32)cc1. The second-order valence-electron chi connectivity index (χ2n) is 7.63. The van der Waals surface area contributed by atoms with Gasteiger partial charge in [0, 0.05) is 22.9 Å². The standard InChI is InChI=1S/C24H23ClN4O2/c1-15-8-10-19(11-9-15)29-17(3)16(2)22-23(29)27-14-28(24(22)31)13-21(30)26-12-18-6-4-5-7-20(18)25/h4-11,14H,12-13H2,1-3H3,(H,26,30). The third-order valence-electron chi connectivity index (χ3n) is 5.52. The minimum absolute atomic E-state index is 0.111. The highest BCUT2D eigenvalue weighted by Crippen LogP contribution is 2.25. The molecule has 6 nitrogen and oxygen atoms in total. The third kappa shape index (κ3) is 3.99. The molecule has 0 spiro atoms. The minimum Gasteiger partial charge on any atom is -0.350 e. The smallest absolute Gasteiger partial charge is 0.263 e. The second kappa shape index (κ2) is 8.40. The van der Waals surface area contributed by atoms with Gasteiger partial charge in [-0.3, -0.25) is 18.7 Å². The monoisotopic (exact) mass is 434 g/mol. The molecule has 2 heterocycles. The van der Waals surface area contributed by atoms with E-state index in [1.807, 2.05) is 67.8 Å².